The molecule has 8 heteroatoms. The number of carbonyl (C=O) groups is 1. The molecule has 0 radical (unpaired) electrons. The van der Waals surface area contributed by atoms with Crippen molar-refractivity contribution < 1.29 is 4.79 Å². The van der Waals surface area contributed by atoms with Crippen LogP contribution in [0.2, 0.25) is 0 Å². The number of amides is 1. The predicted molar refractivity (Wildman–Crippen MR) is 133 cm³/mol. The Labute approximate surface area is 201 Å². The number of rotatable bonds is 5. The van der Waals surface area contributed by atoms with Crippen LogP contribution in [0.25, 0.3) is 16.7 Å². The Balaban J connectivity index is 1.71. The first-order chi connectivity index (χ1) is 16.9. The topological polar surface area (TPSA) is 105 Å². The lowest BCUT2D eigenvalue weighted by Gasteiger charge is -2.17. The number of hydrogen-bond donors (Lipinski definition) is 2. The zero-order valence-corrected chi connectivity index (χ0v) is 19.4. The molecule has 174 valence electrons. The molecule has 1 atom stereocenters. The normalized spacial score (nSPS) is 12.1. The van der Waals surface area contributed by atoms with Crippen LogP contribution in [0.3, 0.4) is 0 Å². The molecule has 5 aromatic rings. The molecule has 0 unspecified atom stereocenters. The van der Waals surface area contributed by atoms with Crippen LogP contribution in [0.15, 0.2) is 84.0 Å². The smallest absolute Gasteiger partial charge is 0.267 e. The number of nitrogens with zero attached hydrogens (tertiary/aromatic N) is 4. The molecule has 4 aromatic heterocycles. The van der Waals surface area contributed by atoms with Gasteiger partial charge >= 0.3 is 0 Å². The highest BCUT2D eigenvalue weighted by atomic mass is 16.2. The van der Waals surface area contributed by atoms with E-state index in [1.54, 1.807) is 29.2 Å². The molecule has 2 N–H and O–H groups in total. The van der Waals surface area contributed by atoms with Gasteiger partial charge in [-0.2, -0.15) is 0 Å². The highest BCUT2D eigenvalue weighted by Gasteiger charge is 2.20. The molecule has 1 aromatic carbocycles. The zero-order chi connectivity index (χ0) is 24.5. The lowest BCUT2D eigenvalue weighted by Crippen LogP contribution is -2.36. The minimum atomic E-state index is -0.429. The molecule has 35 heavy (non-hydrogen) atoms. The molecule has 0 spiro atoms. The summed E-state index contributed by atoms with van der Waals surface area (Å²) in [6.07, 6.45) is 5.03. The molecule has 1 amide bonds. The van der Waals surface area contributed by atoms with Crippen LogP contribution in [0.4, 0.5) is 0 Å². The van der Waals surface area contributed by atoms with Crippen LogP contribution in [-0.4, -0.2) is 24.8 Å². The Morgan fingerprint density at radius 2 is 1.89 bits per heavy atom. The number of benzene rings is 1. The van der Waals surface area contributed by atoms with E-state index in [1.807, 2.05) is 62.4 Å². The van der Waals surface area contributed by atoms with Gasteiger partial charge in [0.1, 0.15) is 16.8 Å². The molecule has 0 aliphatic heterocycles. The number of pyridine rings is 3. The second-order valence-electron chi connectivity index (χ2n) is 8.50. The number of aryl methyl sites for hydroxylation is 1. The molecule has 8 nitrogen and oxygen atoms in total. The van der Waals surface area contributed by atoms with E-state index in [1.165, 1.54) is 10.5 Å². The third-order valence-electron chi connectivity index (χ3n) is 6.09. The summed E-state index contributed by atoms with van der Waals surface area (Å²) in [7, 11) is 0. The van der Waals surface area contributed by atoms with Crippen LogP contribution < -0.4 is 16.4 Å². The van der Waals surface area contributed by atoms with Crippen molar-refractivity contribution in [1.82, 2.24) is 24.3 Å². The molecule has 4 heterocycles. The Morgan fingerprint density at radius 1 is 1.09 bits per heavy atom. The van der Waals surface area contributed by atoms with Gasteiger partial charge in [-0.1, -0.05) is 42.5 Å². The van der Waals surface area contributed by atoms with Gasteiger partial charge in [-0.25, -0.2) is 4.98 Å². The number of fused-ring (bicyclic) bond motifs is 2. The highest BCUT2D eigenvalue weighted by Crippen LogP contribution is 2.16. The van der Waals surface area contributed by atoms with Crippen molar-refractivity contribution in [3.63, 3.8) is 0 Å². The van der Waals surface area contributed by atoms with Gasteiger partial charge in [-0.15, -0.1) is 0 Å². The van der Waals surface area contributed by atoms with Gasteiger partial charge in [0.2, 0.25) is 0 Å². The van der Waals surface area contributed by atoms with E-state index in [-0.39, 0.29) is 34.6 Å². The quantitative estimate of drug-likeness (QED) is 0.389. The fraction of sp³-hybridized carbons (Fsp3) is 0.148. The first kappa shape index (κ1) is 22.2. The fourth-order valence-corrected chi connectivity index (χ4v) is 4.20. The van der Waals surface area contributed by atoms with E-state index in [9.17, 15) is 9.59 Å². The van der Waals surface area contributed by atoms with E-state index in [0.29, 0.717) is 11.3 Å². The van der Waals surface area contributed by atoms with E-state index in [4.69, 9.17) is 10.4 Å². The average Bonchev–Trinajstić information content (AvgIpc) is 2.87. The maximum absolute atomic E-state index is 13.5. The van der Waals surface area contributed by atoms with Crippen LogP contribution in [-0.2, 0) is 6.54 Å². The maximum Gasteiger partial charge on any atom is 0.267 e. The lowest BCUT2D eigenvalue weighted by molar-refractivity contribution is 0.0937. The van der Waals surface area contributed by atoms with Gasteiger partial charge in [0.15, 0.2) is 0 Å². The lowest BCUT2D eigenvalue weighted by atomic mass is 10.1. The summed E-state index contributed by atoms with van der Waals surface area (Å²) in [6, 6.07) is 18.2. The predicted octanol–water partition coefficient (Wildman–Crippen LogP) is 3.37. The molecule has 0 saturated carbocycles. The van der Waals surface area contributed by atoms with E-state index < -0.39 is 5.91 Å². The van der Waals surface area contributed by atoms with Crippen molar-refractivity contribution in [3.05, 3.63) is 117 Å². The number of carbonyl (C=O) groups excluding carboxylic acids is 1. The highest BCUT2D eigenvalue weighted by molar-refractivity contribution is 5.97. The second kappa shape index (κ2) is 8.98. The summed E-state index contributed by atoms with van der Waals surface area (Å²) >= 11 is 0. The summed E-state index contributed by atoms with van der Waals surface area (Å²) in [6.45, 7) is 4.01. The van der Waals surface area contributed by atoms with Crippen molar-refractivity contribution >= 4 is 22.6 Å². The first-order valence-electron chi connectivity index (χ1n) is 11.3. The first-order valence-corrected chi connectivity index (χ1v) is 11.3. The van der Waals surface area contributed by atoms with Gasteiger partial charge in [-0.05, 0) is 48.7 Å². The van der Waals surface area contributed by atoms with Crippen molar-refractivity contribution in [1.29, 1.82) is 5.41 Å². The van der Waals surface area contributed by atoms with Crippen molar-refractivity contribution in [3.8, 4) is 0 Å². The van der Waals surface area contributed by atoms with Crippen molar-refractivity contribution in [2.24, 2.45) is 0 Å². The zero-order valence-electron chi connectivity index (χ0n) is 19.4. The average molecular weight is 465 g/mol. The number of nitrogens with one attached hydrogen (secondary N) is 2. The number of aromatic nitrogens is 4. The van der Waals surface area contributed by atoms with Crippen LogP contribution in [0.5, 0.6) is 0 Å². The van der Waals surface area contributed by atoms with Gasteiger partial charge in [0.05, 0.1) is 23.5 Å². The maximum atomic E-state index is 13.5. The summed E-state index contributed by atoms with van der Waals surface area (Å²) < 4.78 is 3.08. The summed E-state index contributed by atoms with van der Waals surface area (Å²) in [5, 5.41) is 12.2. The summed E-state index contributed by atoms with van der Waals surface area (Å²) in [4.78, 5) is 35.7. The summed E-state index contributed by atoms with van der Waals surface area (Å²) in [5.74, 6) is -0.429. The SMILES string of the molecule is Cc1cccn2c(=O)c3cc(C(=O)N[C@H](C)c4ccccc4)c(=N)n(Cc4cccnc4)c3nc12. The Kier molecular flexibility index (Phi) is 5.70. The van der Waals surface area contributed by atoms with Gasteiger partial charge < -0.3 is 9.88 Å². The molecular weight excluding hydrogens is 440 g/mol. The van der Waals surface area contributed by atoms with Crippen LogP contribution >= 0.6 is 0 Å². The molecule has 0 aliphatic rings. The van der Waals surface area contributed by atoms with Crippen molar-refractivity contribution in [2.45, 2.75) is 26.4 Å². The molecule has 0 saturated heterocycles. The monoisotopic (exact) mass is 464 g/mol. The Morgan fingerprint density at radius 3 is 2.63 bits per heavy atom. The molecule has 0 fully saturated rings. The molecule has 0 aliphatic carbocycles. The minimum absolute atomic E-state index is 0.0241. The van der Waals surface area contributed by atoms with Crippen LogP contribution in [0.1, 0.15) is 40.0 Å². The van der Waals surface area contributed by atoms with E-state index in [0.717, 1.165) is 16.7 Å². The van der Waals surface area contributed by atoms with Gasteiger partial charge in [0.25, 0.3) is 11.5 Å². The second-order valence-corrected chi connectivity index (χ2v) is 8.50. The van der Waals surface area contributed by atoms with Gasteiger partial charge in [-0.3, -0.25) is 24.4 Å². The third kappa shape index (κ3) is 4.10. The van der Waals surface area contributed by atoms with Crippen molar-refractivity contribution in [2.75, 3.05) is 0 Å². The molecule has 5 rings (SSSR count). The molecular formula is C27H24N6O2. The number of hydrogen-bond acceptors (Lipinski definition) is 5. The summed E-state index contributed by atoms with van der Waals surface area (Å²) in [5.41, 5.74) is 3.27. The Hall–Kier alpha value is -4.59. The fourth-order valence-electron chi connectivity index (χ4n) is 4.20. The largest absolute Gasteiger partial charge is 0.345 e. The van der Waals surface area contributed by atoms with E-state index >= 15 is 0 Å². The third-order valence-corrected chi connectivity index (χ3v) is 6.09. The molecule has 0 bridgehead atoms. The van der Waals surface area contributed by atoms with Gasteiger partial charge in [0, 0.05) is 18.6 Å². The Bertz CT molecular complexity index is 1670. The standard InChI is InChI=1S/C27H24N6O2/c1-17-8-7-13-32-24(17)31-25-22(27(32)35)14-21(23(28)33(25)16-19-9-6-12-29-15-19)26(34)30-18(2)20-10-4-3-5-11-20/h3-15,18,28H,16H2,1-2H3,(H,30,34)/t18-/m1/s1. The minimum Gasteiger partial charge on any atom is -0.345 e. The van der Waals surface area contributed by atoms with Crippen LogP contribution in [0, 0.1) is 12.3 Å². The van der Waals surface area contributed by atoms with E-state index in [2.05, 4.69) is 10.3 Å².